The molecular formula is C19H21FN2O2. The second-order valence-corrected chi connectivity index (χ2v) is 5.61. The first kappa shape index (κ1) is 17.7. The average Bonchev–Trinajstić information content (AvgIpc) is 2.59. The lowest BCUT2D eigenvalue weighted by Crippen LogP contribution is -2.28. The Bertz CT molecular complexity index is 689. The largest absolute Gasteiger partial charge is 0.352 e. The van der Waals surface area contributed by atoms with Crippen LogP contribution in [0.2, 0.25) is 0 Å². The van der Waals surface area contributed by atoms with Crippen LogP contribution in [0.1, 0.15) is 28.8 Å². The van der Waals surface area contributed by atoms with Crippen LogP contribution in [0, 0.1) is 5.82 Å². The summed E-state index contributed by atoms with van der Waals surface area (Å²) in [6.45, 7) is 0.806. The third-order valence-corrected chi connectivity index (χ3v) is 3.62. The first-order valence-corrected chi connectivity index (χ1v) is 7.88. The van der Waals surface area contributed by atoms with E-state index in [9.17, 15) is 14.0 Å². The number of hydrogen-bond donors (Lipinski definition) is 1. The highest BCUT2D eigenvalue weighted by Gasteiger charge is 2.10. The molecule has 2 rings (SSSR count). The van der Waals surface area contributed by atoms with Gasteiger partial charge in [-0.2, -0.15) is 0 Å². The molecule has 0 bridgehead atoms. The Morgan fingerprint density at radius 1 is 1.08 bits per heavy atom. The van der Waals surface area contributed by atoms with Crippen molar-refractivity contribution in [2.24, 2.45) is 0 Å². The Balaban J connectivity index is 1.70. The summed E-state index contributed by atoms with van der Waals surface area (Å²) in [4.78, 5) is 25.5. The van der Waals surface area contributed by atoms with Crippen molar-refractivity contribution >= 4 is 11.8 Å². The van der Waals surface area contributed by atoms with Gasteiger partial charge in [-0.3, -0.25) is 9.59 Å². The van der Waals surface area contributed by atoms with E-state index in [0.29, 0.717) is 31.5 Å². The van der Waals surface area contributed by atoms with Crippen molar-refractivity contribution in [2.45, 2.75) is 19.4 Å². The second kappa shape index (κ2) is 8.82. The van der Waals surface area contributed by atoms with Gasteiger partial charge in [-0.15, -0.1) is 0 Å². The maximum absolute atomic E-state index is 13.1. The Morgan fingerprint density at radius 3 is 2.54 bits per heavy atom. The maximum atomic E-state index is 13.1. The lowest BCUT2D eigenvalue weighted by atomic mass is 10.2. The minimum atomic E-state index is -0.308. The molecule has 0 spiro atoms. The van der Waals surface area contributed by atoms with Crippen LogP contribution in [-0.2, 0) is 11.3 Å². The summed E-state index contributed by atoms with van der Waals surface area (Å²) in [5.74, 6) is -0.485. The third kappa shape index (κ3) is 5.50. The number of carbonyl (C=O) groups is 2. The van der Waals surface area contributed by atoms with Crippen LogP contribution in [0.15, 0.2) is 54.6 Å². The van der Waals surface area contributed by atoms with Gasteiger partial charge in [-0.05, 0) is 36.2 Å². The molecule has 0 fully saturated rings. The van der Waals surface area contributed by atoms with Gasteiger partial charge in [-0.25, -0.2) is 4.39 Å². The minimum absolute atomic E-state index is 0.0341. The van der Waals surface area contributed by atoms with E-state index in [1.807, 2.05) is 6.07 Å². The van der Waals surface area contributed by atoms with Gasteiger partial charge in [0.1, 0.15) is 5.82 Å². The molecule has 0 aliphatic rings. The van der Waals surface area contributed by atoms with E-state index < -0.39 is 0 Å². The molecule has 0 aliphatic heterocycles. The summed E-state index contributed by atoms with van der Waals surface area (Å²) in [6.07, 6.45) is 0.895. The van der Waals surface area contributed by atoms with Crippen LogP contribution < -0.4 is 5.32 Å². The van der Waals surface area contributed by atoms with Crippen molar-refractivity contribution < 1.29 is 14.0 Å². The predicted molar refractivity (Wildman–Crippen MR) is 90.9 cm³/mol. The van der Waals surface area contributed by atoms with Crippen molar-refractivity contribution in [3.63, 3.8) is 0 Å². The second-order valence-electron chi connectivity index (χ2n) is 5.61. The van der Waals surface area contributed by atoms with Gasteiger partial charge >= 0.3 is 0 Å². The molecule has 0 atom stereocenters. The standard InChI is InChI=1S/C19H21FN2O2/c1-22(14-15-7-5-10-17(20)13-15)18(23)11-6-12-21-19(24)16-8-3-2-4-9-16/h2-5,7-10,13H,6,11-12,14H2,1H3,(H,21,24). The highest BCUT2D eigenvalue weighted by molar-refractivity contribution is 5.94. The topological polar surface area (TPSA) is 49.4 Å². The number of hydrogen-bond acceptors (Lipinski definition) is 2. The van der Waals surface area contributed by atoms with Gasteiger partial charge in [0.15, 0.2) is 0 Å². The van der Waals surface area contributed by atoms with Crippen molar-refractivity contribution in [1.82, 2.24) is 10.2 Å². The van der Waals surface area contributed by atoms with E-state index in [0.717, 1.165) is 5.56 Å². The van der Waals surface area contributed by atoms with E-state index in [4.69, 9.17) is 0 Å². The molecule has 0 unspecified atom stereocenters. The molecular weight excluding hydrogens is 307 g/mol. The van der Waals surface area contributed by atoms with E-state index in [2.05, 4.69) is 5.32 Å². The molecule has 1 N–H and O–H groups in total. The number of carbonyl (C=O) groups excluding carboxylic acids is 2. The molecule has 0 saturated heterocycles. The van der Waals surface area contributed by atoms with Crippen molar-refractivity contribution in [1.29, 1.82) is 0 Å². The molecule has 0 aromatic heterocycles. The zero-order chi connectivity index (χ0) is 17.4. The van der Waals surface area contributed by atoms with Gasteiger partial charge in [0.05, 0.1) is 0 Å². The zero-order valence-corrected chi connectivity index (χ0v) is 13.7. The molecule has 2 aromatic rings. The Kier molecular flexibility index (Phi) is 6.49. The summed E-state index contributed by atoms with van der Waals surface area (Å²) in [7, 11) is 1.69. The highest BCUT2D eigenvalue weighted by atomic mass is 19.1. The number of nitrogens with zero attached hydrogens (tertiary/aromatic N) is 1. The quantitative estimate of drug-likeness (QED) is 0.794. The summed E-state index contributed by atoms with van der Waals surface area (Å²) in [5, 5.41) is 2.79. The molecule has 5 heteroatoms. The number of nitrogens with one attached hydrogen (secondary N) is 1. The Morgan fingerprint density at radius 2 is 1.83 bits per heavy atom. The average molecular weight is 328 g/mol. The predicted octanol–water partition coefficient (Wildman–Crippen LogP) is 2.99. The number of amides is 2. The first-order chi connectivity index (χ1) is 11.6. The van der Waals surface area contributed by atoms with Crippen LogP contribution in [0.3, 0.4) is 0 Å². The van der Waals surface area contributed by atoms with Crippen LogP contribution >= 0.6 is 0 Å². The Labute approximate surface area is 141 Å². The Hall–Kier alpha value is -2.69. The lowest BCUT2D eigenvalue weighted by molar-refractivity contribution is -0.130. The summed E-state index contributed by atoms with van der Waals surface area (Å²) in [6, 6.07) is 15.2. The first-order valence-electron chi connectivity index (χ1n) is 7.88. The van der Waals surface area contributed by atoms with Crippen LogP contribution in [0.25, 0.3) is 0 Å². The van der Waals surface area contributed by atoms with E-state index >= 15 is 0 Å². The van der Waals surface area contributed by atoms with E-state index in [1.54, 1.807) is 48.3 Å². The number of halogens is 1. The maximum Gasteiger partial charge on any atom is 0.251 e. The molecule has 2 aromatic carbocycles. The molecule has 0 heterocycles. The smallest absolute Gasteiger partial charge is 0.251 e. The van der Waals surface area contributed by atoms with E-state index in [-0.39, 0.29) is 17.6 Å². The fourth-order valence-corrected chi connectivity index (χ4v) is 2.32. The molecule has 24 heavy (non-hydrogen) atoms. The normalized spacial score (nSPS) is 10.2. The fraction of sp³-hybridized carbons (Fsp3) is 0.263. The SMILES string of the molecule is CN(Cc1cccc(F)c1)C(=O)CCCNC(=O)c1ccccc1. The van der Waals surface area contributed by atoms with Gasteiger partial charge in [0.2, 0.25) is 5.91 Å². The van der Waals surface area contributed by atoms with Gasteiger partial charge in [0.25, 0.3) is 5.91 Å². The van der Waals surface area contributed by atoms with Crippen LogP contribution in [-0.4, -0.2) is 30.3 Å². The minimum Gasteiger partial charge on any atom is -0.352 e. The molecule has 0 radical (unpaired) electrons. The van der Waals surface area contributed by atoms with Gasteiger partial charge in [0, 0.05) is 32.1 Å². The monoisotopic (exact) mass is 328 g/mol. The zero-order valence-electron chi connectivity index (χ0n) is 13.7. The molecule has 0 aliphatic carbocycles. The number of rotatable bonds is 7. The molecule has 126 valence electrons. The molecule has 0 saturated carbocycles. The van der Waals surface area contributed by atoms with Crippen LogP contribution in [0.5, 0.6) is 0 Å². The van der Waals surface area contributed by atoms with Crippen LogP contribution in [0.4, 0.5) is 4.39 Å². The van der Waals surface area contributed by atoms with Crippen molar-refractivity contribution in [2.75, 3.05) is 13.6 Å². The van der Waals surface area contributed by atoms with E-state index in [1.165, 1.54) is 12.1 Å². The third-order valence-electron chi connectivity index (χ3n) is 3.62. The summed E-state index contributed by atoms with van der Waals surface area (Å²) in [5.41, 5.74) is 1.36. The summed E-state index contributed by atoms with van der Waals surface area (Å²) >= 11 is 0. The lowest BCUT2D eigenvalue weighted by Gasteiger charge is -2.17. The molecule has 4 nitrogen and oxygen atoms in total. The summed E-state index contributed by atoms with van der Waals surface area (Å²) < 4.78 is 13.1. The van der Waals surface area contributed by atoms with Crippen molar-refractivity contribution in [3.8, 4) is 0 Å². The van der Waals surface area contributed by atoms with Crippen molar-refractivity contribution in [3.05, 3.63) is 71.5 Å². The van der Waals surface area contributed by atoms with Gasteiger partial charge in [-0.1, -0.05) is 30.3 Å². The van der Waals surface area contributed by atoms with Gasteiger partial charge < -0.3 is 10.2 Å². The number of benzene rings is 2. The molecule has 2 amide bonds. The fourth-order valence-electron chi connectivity index (χ4n) is 2.32. The highest BCUT2D eigenvalue weighted by Crippen LogP contribution is 2.07.